The van der Waals surface area contributed by atoms with E-state index in [2.05, 4.69) is 5.32 Å². The topological polar surface area (TPSA) is 130 Å². The molecule has 0 aromatic heterocycles. The maximum absolute atomic E-state index is 12.0. The lowest BCUT2D eigenvalue weighted by Gasteiger charge is -2.08. The summed E-state index contributed by atoms with van der Waals surface area (Å²) < 4.78 is 0. The van der Waals surface area contributed by atoms with Crippen LogP contribution in [-0.4, -0.2) is 45.6 Å². The van der Waals surface area contributed by atoms with E-state index >= 15 is 0 Å². The van der Waals surface area contributed by atoms with E-state index in [9.17, 15) is 14.4 Å². The fourth-order valence-corrected chi connectivity index (χ4v) is 3.17. The Morgan fingerprint density at radius 2 is 1.96 bits per heavy atom. The number of carboxylic acids is 2. The van der Waals surface area contributed by atoms with Gasteiger partial charge in [-0.1, -0.05) is 19.9 Å². The summed E-state index contributed by atoms with van der Waals surface area (Å²) in [6, 6.07) is -0.851. The van der Waals surface area contributed by atoms with Gasteiger partial charge in [-0.2, -0.15) is 11.8 Å². The second-order valence-electron chi connectivity index (χ2n) is 6.67. The van der Waals surface area contributed by atoms with Gasteiger partial charge in [0.25, 0.3) is 0 Å². The summed E-state index contributed by atoms with van der Waals surface area (Å²) in [6.45, 7) is 3.96. The van der Waals surface area contributed by atoms with Crippen LogP contribution >= 0.6 is 11.8 Å². The molecule has 0 aromatic carbocycles. The Labute approximate surface area is 146 Å². The van der Waals surface area contributed by atoms with Crippen LogP contribution in [0.3, 0.4) is 0 Å². The highest BCUT2D eigenvalue weighted by atomic mass is 32.2. The second kappa shape index (κ2) is 9.08. The molecule has 0 bridgehead atoms. The lowest BCUT2D eigenvalue weighted by Crippen LogP contribution is -2.32. The largest absolute Gasteiger partial charge is 0.480 e. The molecule has 0 spiro atoms. The van der Waals surface area contributed by atoms with Gasteiger partial charge in [0, 0.05) is 11.7 Å². The van der Waals surface area contributed by atoms with Crippen LogP contribution < -0.4 is 11.1 Å². The first kappa shape index (κ1) is 20.5. The molecule has 0 radical (unpaired) electrons. The molecule has 5 N–H and O–H groups in total. The molecular formula is C16H26N2O5S. The number of thioether (sulfide) groups is 1. The Kier molecular flexibility index (Phi) is 7.75. The fraction of sp³-hybridized carbons (Fsp3) is 0.688. The summed E-state index contributed by atoms with van der Waals surface area (Å²) in [7, 11) is 0. The fourth-order valence-electron chi connectivity index (χ4n) is 2.20. The molecule has 0 aliphatic heterocycles. The summed E-state index contributed by atoms with van der Waals surface area (Å²) >= 11 is 1.46. The molecule has 24 heavy (non-hydrogen) atoms. The standard InChI is InChI=1S/C16H26N2O5S/c1-16(2)8-10(16)13(19)18-12(15(22)23)6-4-3-5-7-24-9-11(17)14(20)21/h6,10-11H,3-5,7-9,17H2,1-2H3,(H,18,19)(H,20,21)(H,22,23)/b12-6-/t10-,11-/m1/s1. The van der Waals surface area contributed by atoms with Crippen molar-refractivity contribution in [2.24, 2.45) is 17.1 Å². The van der Waals surface area contributed by atoms with Gasteiger partial charge in [-0.3, -0.25) is 9.59 Å². The first-order valence-corrected chi connectivity index (χ1v) is 9.11. The van der Waals surface area contributed by atoms with Gasteiger partial charge in [0.05, 0.1) is 0 Å². The number of aliphatic carboxylic acids is 2. The Balaban J connectivity index is 2.25. The summed E-state index contributed by atoms with van der Waals surface area (Å²) in [5.74, 6) is -1.37. The minimum absolute atomic E-state index is 0.0400. The number of carbonyl (C=O) groups is 3. The Bertz CT molecular complexity index is 519. The van der Waals surface area contributed by atoms with E-state index in [4.69, 9.17) is 15.9 Å². The highest BCUT2D eigenvalue weighted by Gasteiger charge is 2.50. The van der Waals surface area contributed by atoms with E-state index in [1.807, 2.05) is 13.8 Å². The predicted octanol–water partition coefficient (Wildman–Crippen LogP) is 1.43. The van der Waals surface area contributed by atoms with Crippen LogP contribution in [0.1, 0.15) is 39.5 Å². The highest BCUT2D eigenvalue weighted by molar-refractivity contribution is 7.99. The normalized spacial score (nSPS) is 20.3. The van der Waals surface area contributed by atoms with E-state index in [-0.39, 0.29) is 22.9 Å². The monoisotopic (exact) mass is 358 g/mol. The zero-order valence-electron chi connectivity index (χ0n) is 14.1. The minimum atomic E-state index is -1.14. The lowest BCUT2D eigenvalue weighted by molar-refractivity contribution is -0.138. The van der Waals surface area contributed by atoms with Crippen LogP contribution in [0.2, 0.25) is 0 Å². The molecule has 0 aromatic rings. The average molecular weight is 358 g/mol. The summed E-state index contributed by atoms with van der Waals surface area (Å²) in [4.78, 5) is 33.7. The summed E-state index contributed by atoms with van der Waals surface area (Å²) in [5.41, 5.74) is 5.28. The van der Waals surface area contributed by atoms with Crippen molar-refractivity contribution in [1.29, 1.82) is 0 Å². The number of hydrogen-bond acceptors (Lipinski definition) is 5. The SMILES string of the molecule is CC1(C)C[C@@H]1C(=O)N/C(=C\CCCCSC[C@@H](N)C(=O)O)C(=O)O. The van der Waals surface area contributed by atoms with Crippen molar-refractivity contribution in [1.82, 2.24) is 5.32 Å². The molecule has 1 aliphatic rings. The van der Waals surface area contributed by atoms with Crippen molar-refractivity contribution in [3.63, 3.8) is 0 Å². The number of amides is 1. The van der Waals surface area contributed by atoms with Gasteiger partial charge in [-0.05, 0) is 36.9 Å². The lowest BCUT2D eigenvalue weighted by atomic mass is 10.1. The molecule has 1 rings (SSSR count). The molecule has 1 fully saturated rings. The van der Waals surface area contributed by atoms with Gasteiger partial charge in [0.2, 0.25) is 5.91 Å². The molecule has 0 unspecified atom stereocenters. The second-order valence-corrected chi connectivity index (χ2v) is 7.82. The Hall–Kier alpha value is -1.54. The molecule has 0 saturated heterocycles. The number of allylic oxidation sites excluding steroid dienone is 1. The van der Waals surface area contributed by atoms with E-state index in [0.29, 0.717) is 12.2 Å². The summed E-state index contributed by atoms with van der Waals surface area (Å²) in [5, 5.41) is 20.3. The van der Waals surface area contributed by atoms with Gasteiger partial charge >= 0.3 is 11.9 Å². The first-order valence-electron chi connectivity index (χ1n) is 7.95. The van der Waals surface area contributed by atoms with Crippen molar-refractivity contribution in [3.05, 3.63) is 11.8 Å². The summed E-state index contributed by atoms with van der Waals surface area (Å²) in [6.07, 6.45) is 4.44. The zero-order chi connectivity index (χ0) is 18.3. The molecule has 7 nitrogen and oxygen atoms in total. The minimum Gasteiger partial charge on any atom is -0.480 e. The number of unbranched alkanes of at least 4 members (excludes halogenated alkanes) is 2. The highest BCUT2D eigenvalue weighted by Crippen LogP contribution is 2.51. The third-order valence-corrected chi connectivity index (χ3v) is 5.20. The van der Waals surface area contributed by atoms with Crippen molar-refractivity contribution in [3.8, 4) is 0 Å². The van der Waals surface area contributed by atoms with Gasteiger partial charge in [0.1, 0.15) is 11.7 Å². The smallest absolute Gasteiger partial charge is 0.352 e. The molecule has 136 valence electrons. The van der Waals surface area contributed by atoms with Crippen LogP contribution in [0.25, 0.3) is 0 Å². The van der Waals surface area contributed by atoms with E-state index < -0.39 is 18.0 Å². The van der Waals surface area contributed by atoms with Crippen LogP contribution in [-0.2, 0) is 14.4 Å². The Morgan fingerprint density at radius 1 is 1.33 bits per heavy atom. The number of carboxylic acid groups (broad SMARTS) is 2. The maximum Gasteiger partial charge on any atom is 0.352 e. The number of rotatable bonds is 11. The molecule has 1 amide bonds. The van der Waals surface area contributed by atoms with E-state index in [1.165, 1.54) is 17.8 Å². The maximum atomic E-state index is 12.0. The molecule has 1 aliphatic carbocycles. The third kappa shape index (κ3) is 6.92. The number of nitrogens with one attached hydrogen (secondary N) is 1. The molecular weight excluding hydrogens is 332 g/mol. The van der Waals surface area contributed by atoms with Gasteiger partial charge in [0.15, 0.2) is 0 Å². The van der Waals surface area contributed by atoms with Crippen molar-refractivity contribution < 1.29 is 24.6 Å². The van der Waals surface area contributed by atoms with Crippen molar-refractivity contribution in [2.45, 2.75) is 45.6 Å². The zero-order valence-corrected chi connectivity index (χ0v) is 14.9. The van der Waals surface area contributed by atoms with Gasteiger partial charge in [-0.25, -0.2) is 4.79 Å². The Morgan fingerprint density at radius 3 is 2.46 bits per heavy atom. The predicted molar refractivity (Wildman–Crippen MR) is 92.5 cm³/mol. The van der Waals surface area contributed by atoms with E-state index in [1.54, 1.807) is 0 Å². The van der Waals surface area contributed by atoms with Crippen molar-refractivity contribution in [2.75, 3.05) is 11.5 Å². The van der Waals surface area contributed by atoms with Crippen LogP contribution in [0.5, 0.6) is 0 Å². The quantitative estimate of drug-likeness (QED) is 0.325. The van der Waals surface area contributed by atoms with Gasteiger partial charge < -0.3 is 21.3 Å². The number of nitrogens with two attached hydrogens (primary N) is 1. The molecule has 1 saturated carbocycles. The molecule has 2 atom stereocenters. The average Bonchev–Trinajstić information content (AvgIpc) is 3.13. The van der Waals surface area contributed by atoms with Gasteiger partial charge in [-0.15, -0.1) is 0 Å². The van der Waals surface area contributed by atoms with E-state index in [0.717, 1.165) is 25.0 Å². The number of hydrogen-bond donors (Lipinski definition) is 4. The molecule has 0 heterocycles. The van der Waals surface area contributed by atoms with Crippen LogP contribution in [0.4, 0.5) is 0 Å². The third-order valence-electron chi connectivity index (χ3n) is 4.02. The van der Waals surface area contributed by atoms with Crippen LogP contribution in [0, 0.1) is 11.3 Å². The molecule has 8 heteroatoms. The van der Waals surface area contributed by atoms with Crippen molar-refractivity contribution >= 4 is 29.6 Å². The first-order chi connectivity index (χ1) is 11.1. The van der Waals surface area contributed by atoms with Crippen LogP contribution in [0.15, 0.2) is 11.8 Å². The number of carbonyl (C=O) groups excluding carboxylic acids is 1.